The second kappa shape index (κ2) is 5.81. The Morgan fingerprint density at radius 3 is 1.83 bits per heavy atom. The van der Waals surface area contributed by atoms with Crippen molar-refractivity contribution < 1.29 is 14.5 Å². The molecule has 1 aromatic heterocycles. The zero-order valence-electron chi connectivity index (χ0n) is 15.5. The van der Waals surface area contributed by atoms with E-state index in [0.717, 1.165) is 38.9 Å². The van der Waals surface area contributed by atoms with E-state index in [2.05, 4.69) is 0 Å². The molecule has 0 atom stereocenters. The number of rotatable bonds is 2. The Labute approximate surface area is 167 Å². The van der Waals surface area contributed by atoms with Gasteiger partial charge in [0.15, 0.2) is 11.3 Å². The van der Waals surface area contributed by atoms with Crippen LogP contribution >= 0.6 is 0 Å². The fourth-order valence-electron chi connectivity index (χ4n) is 4.79. The Balaban J connectivity index is 1.81. The van der Waals surface area contributed by atoms with E-state index in [1.54, 1.807) is 0 Å². The van der Waals surface area contributed by atoms with Crippen LogP contribution in [0, 0.1) is 0 Å². The molecule has 29 heavy (non-hydrogen) atoms. The Morgan fingerprint density at radius 1 is 0.586 bits per heavy atom. The molecule has 4 nitrogen and oxygen atoms in total. The van der Waals surface area contributed by atoms with Gasteiger partial charge < -0.3 is 14.5 Å². The molecule has 0 saturated carbocycles. The molecule has 0 radical (unpaired) electrons. The summed E-state index contributed by atoms with van der Waals surface area (Å²) in [4.78, 5) is 0. The average Bonchev–Trinajstić information content (AvgIpc) is 3.28. The van der Waals surface area contributed by atoms with Crippen LogP contribution in [-0.4, -0.2) is 17.3 Å². The summed E-state index contributed by atoms with van der Waals surface area (Å²) >= 11 is 0. The SMILES string of the molecule is OB(O)[N+]1(c2cccc3c2oc2ccccc23)c2ccccc2-c2ccccc21. The molecule has 1 aliphatic rings. The minimum Gasteiger partial charge on any atom is -0.450 e. The van der Waals surface area contributed by atoms with Crippen LogP contribution in [0.5, 0.6) is 0 Å². The minimum absolute atomic E-state index is 0.219. The van der Waals surface area contributed by atoms with Gasteiger partial charge in [0, 0.05) is 28.0 Å². The second-order valence-electron chi connectivity index (χ2n) is 7.36. The summed E-state index contributed by atoms with van der Waals surface area (Å²) in [5, 5.41) is 23.7. The molecule has 2 heterocycles. The van der Waals surface area contributed by atoms with Crippen molar-refractivity contribution in [2.45, 2.75) is 0 Å². The fourth-order valence-corrected chi connectivity index (χ4v) is 4.79. The van der Waals surface area contributed by atoms with E-state index >= 15 is 0 Å². The van der Waals surface area contributed by atoms with Crippen LogP contribution in [0.15, 0.2) is 95.4 Å². The smallest absolute Gasteiger partial charge is 0.450 e. The van der Waals surface area contributed by atoms with Crippen molar-refractivity contribution in [2.24, 2.45) is 0 Å². The van der Waals surface area contributed by atoms with Gasteiger partial charge in [-0.3, -0.25) is 0 Å². The van der Waals surface area contributed by atoms with Crippen molar-refractivity contribution in [2.75, 3.05) is 0 Å². The number of para-hydroxylation sites is 4. The molecular formula is C24H17BNO3+. The van der Waals surface area contributed by atoms with Crippen molar-refractivity contribution in [3.8, 4) is 11.1 Å². The predicted octanol–water partition coefficient (Wildman–Crippen LogP) is 5.51. The lowest BCUT2D eigenvalue weighted by Crippen LogP contribution is -2.51. The summed E-state index contributed by atoms with van der Waals surface area (Å²) < 4.78 is 6.04. The maximum Gasteiger partial charge on any atom is 0.770 e. The number of hydrogen-bond acceptors (Lipinski definition) is 3. The van der Waals surface area contributed by atoms with Gasteiger partial charge in [0.2, 0.25) is 0 Å². The van der Waals surface area contributed by atoms with Crippen molar-refractivity contribution in [3.63, 3.8) is 0 Å². The van der Waals surface area contributed by atoms with Crippen LogP contribution in [0.4, 0.5) is 17.1 Å². The molecule has 4 aromatic carbocycles. The Bertz CT molecular complexity index is 1360. The first-order chi connectivity index (χ1) is 14.2. The molecule has 0 fully saturated rings. The van der Waals surface area contributed by atoms with Gasteiger partial charge in [-0.15, -0.1) is 0 Å². The van der Waals surface area contributed by atoms with Crippen LogP contribution in [0.2, 0.25) is 0 Å². The highest BCUT2D eigenvalue weighted by atomic mass is 16.4. The van der Waals surface area contributed by atoms with E-state index in [0.29, 0.717) is 11.3 Å². The average molecular weight is 378 g/mol. The van der Waals surface area contributed by atoms with Crippen molar-refractivity contribution in [1.29, 1.82) is 0 Å². The minimum atomic E-state index is -1.70. The lowest BCUT2D eigenvalue weighted by Gasteiger charge is -2.33. The highest BCUT2D eigenvalue weighted by Crippen LogP contribution is 2.59. The third kappa shape index (κ3) is 1.99. The maximum absolute atomic E-state index is 10.9. The second-order valence-corrected chi connectivity index (χ2v) is 7.36. The van der Waals surface area contributed by atoms with Crippen molar-refractivity contribution in [1.82, 2.24) is 4.39 Å². The highest BCUT2D eigenvalue weighted by Gasteiger charge is 2.56. The number of hydrogen-bond donors (Lipinski definition) is 2. The fraction of sp³-hybridized carbons (Fsp3) is 0. The third-order valence-electron chi connectivity index (χ3n) is 5.97. The molecule has 0 spiro atoms. The molecular weight excluding hydrogens is 361 g/mol. The first kappa shape index (κ1) is 16.6. The highest BCUT2D eigenvalue weighted by molar-refractivity contribution is 6.50. The van der Waals surface area contributed by atoms with Gasteiger partial charge in [-0.1, -0.05) is 54.6 Å². The van der Waals surface area contributed by atoms with Gasteiger partial charge in [0.1, 0.15) is 17.0 Å². The quantitative estimate of drug-likeness (QED) is 0.399. The summed E-state index contributed by atoms with van der Waals surface area (Å²) in [6, 6.07) is 29.5. The van der Waals surface area contributed by atoms with Gasteiger partial charge >= 0.3 is 7.25 Å². The van der Waals surface area contributed by atoms with E-state index in [9.17, 15) is 10.0 Å². The molecule has 0 amide bonds. The molecule has 0 saturated heterocycles. The molecule has 5 heteroatoms. The zero-order valence-corrected chi connectivity index (χ0v) is 15.5. The van der Waals surface area contributed by atoms with Gasteiger partial charge in [0.25, 0.3) is 0 Å². The topological polar surface area (TPSA) is 53.6 Å². The first-order valence-electron chi connectivity index (χ1n) is 9.58. The molecule has 0 bridgehead atoms. The van der Waals surface area contributed by atoms with E-state index in [1.807, 2.05) is 91.0 Å². The van der Waals surface area contributed by atoms with Crippen LogP contribution in [0.1, 0.15) is 0 Å². The van der Waals surface area contributed by atoms with Crippen molar-refractivity contribution >= 4 is 46.3 Å². The standard InChI is InChI=1S/C24H17BNO3/c27-25(28)26(20-12-4-1-8-16(20)17-9-2-5-13-21(17)26)22-14-7-11-19-18-10-3-6-15-23(18)29-24(19)22/h1-15,27-28H/q+1. The molecule has 2 N–H and O–H groups in total. The van der Waals surface area contributed by atoms with Gasteiger partial charge in [-0.2, -0.15) is 0 Å². The lowest BCUT2D eigenvalue weighted by molar-refractivity contribution is 0.354. The van der Waals surface area contributed by atoms with E-state index in [1.165, 1.54) is 0 Å². The lowest BCUT2D eigenvalue weighted by atomic mass is 9.93. The maximum atomic E-state index is 10.9. The third-order valence-corrected chi connectivity index (χ3v) is 5.97. The largest absolute Gasteiger partial charge is 0.770 e. The normalized spacial score (nSPS) is 14.1. The predicted molar refractivity (Wildman–Crippen MR) is 117 cm³/mol. The molecule has 138 valence electrons. The molecule has 0 unspecified atom stereocenters. The van der Waals surface area contributed by atoms with E-state index in [-0.39, 0.29) is 4.39 Å². The van der Waals surface area contributed by atoms with Gasteiger partial charge in [-0.25, -0.2) is 4.39 Å². The summed E-state index contributed by atoms with van der Waals surface area (Å²) in [6.07, 6.45) is 0. The summed E-state index contributed by atoms with van der Waals surface area (Å²) in [7, 11) is -1.70. The van der Waals surface area contributed by atoms with Gasteiger partial charge in [-0.05, 0) is 30.3 Å². The summed E-state index contributed by atoms with van der Waals surface area (Å²) in [5.74, 6) is 0. The Morgan fingerprint density at radius 2 is 1.14 bits per heavy atom. The van der Waals surface area contributed by atoms with Crippen LogP contribution in [-0.2, 0) is 0 Å². The van der Waals surface area contributed by atoms with Crippen LogP contribution < -0.4 is 4.39 Å². The molecule has 5 aromatic rings. The van der Waals surface area contributed by atoms with Crippen LogP contribution in [0.25, 0.3) is 33.1 Å². The Hall–Kier alpha value is -3.38. The van der Waals surface area contributed by atoms with Crippen LogP contribution in [0.3, 0.4) is 0 Å². The number of fused-ring (bicyclic) bond motifs is 6. The van der Waals surface area contributed by atoms with E-state index < -0.39 is 7.25 Å². The molecule has 0 aliphatic carbocycles. The van der Waals surface area contributed by atoms with Gasteiger partial charge in [0.05, 0.1) is 0 Å². The molecule has 6 rings (SSSR count). The number of furan rings is 1. The first-order valence-corrected chi connectivity index (χ1v) is 9.58. The van der Waals surface area contributed by atoms with E-state index in [4.69, 9.17) is 4.42 Å². The van der Waals surface area contributed by atoms with Crippen molar-refractivity contribution in [3.05, 3.63) is 91.0 Å². The summed E-state index contributed by atoms with van der Waals surface area (Å²) in [5.41, 5.74) is 5.75. The number of nitrogens with zero attached hydrogens (tertiary/aromatic N) is 1. The monoisotopic (exact) mass is 378 g/mol. The number of benzene rings is 4. The number of quaternary nitrogens is 1. The zero-order chi connectivity index (χ0) is 19.6. The summed E-state index contributed by atoms with van der Waals surface area (Å²) in [6.45, 7) is 0. The Kier molecular flexibility index (Phi) is 3.32. The molecule has 1 aliphatic heterocycles.